The highest BCUT2D eigenvalue weighted by Crippen LogP contribution is 2.27. The van der Waals surface area contributed by atoms with E-state index in [1.807, 2.05) is 0 Å². The van der Waals surface area contributed by atoms with E-state index in [1.54, 1.807) is 42.5 Å². The molecule has 1 N–H and O–H groups in total. The lowest BCUT2D eigenvalue weighted by Gasteiger charge is -2.10. The summed E-state index contributed by atoms with van der Waals surface area (Å²) in [6, 6.07) is 11.5. The number of hydrogen-bond acceptors (Lipinski definition) is 4. The molecule has 0 atom stereocenters. The Hall–Kier alpha value is -2.05. The van der Waals surface area contributed by atoms with Gasteiger partial charge in [0.25, 0.3) is 11.8 Å². The van der Waals surface area contributed by atoms with Crippen molar-refractivity contribution in [1.29, 1.82) is 0 Å². The van der Waals surface area contributed by atoms with Crippen LogP contribution in [0, 0.1) is 0 Å². The van der Waals surface area contributed by atoms with E-state index in [-0.39, 0.29) is 12.2 Å². The third-order valence-corrected chi connectivity index (χ3v) is 3.71. The molecule has 0 fully saturated rings. The summed E-state index contributed by atoms with van der Waals surface area (Å²) in [5.41, 5.74) is 0.274. The fraction of sp³-hybridized carbons (Fsp3) is 0.125. The van der Waals surface area contributed by atoms with Crippen LogP contribution in [-0.4, -0.2) is 25.5 Å². The average Bonchev–Trinajstić information content (AvgIpc) is 2.54. The van der Waals surface area contributed by atoms with E-state index in [0.717, 1.165) is 0 Å². The number of ether oxygens (including phenoxy) is 2. The minimum absolute atomic E-state index is 0.274. The molecule has 0 saturated carbocycles. The van der Waals surface area contributed by atoms with Crippen LogP contribution in [0.15, 0.2) is 46.9 Å². The predicted molar refractivity (Wildman–Crippen MR) is 90.1 cm³/mol. The average molecular weight is 399 g/mol. The van der Waals surface area contributed by atoms with Crippen LogP contribution in [0.2, 0.25) is 5.02 Å². The highest BCUT2D eigenvalue weighted by molar-refractivity contribution is 9.10. The van der Waals surface area contributed by atoms with Gasteiger partial charge < -0.3 is 9.47 Å². The molecule has 0 aliphatic heterocycles. The van der Waals surface area contributed by atoms with Crippen LogP contribution in [0.1, 0.15) is 10.4 Å². The van der Waals surface area contributed by atoms with Crippen LogP contribution in [0.4, 0.5) is 0 Å². The Morgan fingerprint density at radius 2 is 1.91 bits per heavy atom. The van der Waals surface area contributed by atoms with Gasteiger partial charge in [0, 0.05) is 5.02 Å². The van der Waals surface area contributed by atoms with Gasteiger partial charge in [-0.2, -0.15) is 0 Å². The molecule has 0 radical (unpaired) electrons. The monoisotopic (exact) mass is 397 g/mol. The van der Waals surface area contributed by atoms with Crippen LogP contribution in [-0.2, 0) is 4.79 Å². The second-order valence-corrected chi connectivity index (χ2v) is 5.73. The molecule has 2 rings (SSSR count). The number of nitrogens with one attached hydrogen (secondary N) is 1. The fourth-order valence-corrected chi connectivity index (χ4v) is 2.59. The van der Waals surface area contributed by atoms with Gasteiger partial charge >= 0.3 is 0 Å². The molecule has 5 nitrogen and oxygen atoms in total. The van der Waals surface area contributed by atoms with Gasteiger partial charge in [-0.1, -0.05) is 23.7 Å². The molecular formula is C16H13BrClNO4. The second-order valence-electron chi connectivity index (χ2n) is 4.44. The van der Waals surface area contributed by atoms with E-state index < -0.39 is 11.8 Å². The van der Waals surface area contributed by atoms with Crippen molar-refractivity contribution < 1.29 is 19.1 Å². The van der Waals surface area contributed by atoms with E-state index in [9.17, 15) is 9.59 Å². The Balaban J connectivity index is 1.95. The Kier molecular flexibility index (Phi) is 6.01. The van der Waals surface area contributed by atoms with E-state index in [4.69, 9.17) is 21.1 Å². The van der Waals surface area contributed by atoms with Gasteiger partial charge in [-0.05, 0) is 46.3 Å². The highest BCUT2D eigenvalue weighted by Gasteiger charge is 2.15. The molecule has 7 heteroatoms. The molecule has 0 aliphatic rings. The Labute approximate surface area is 146 Å². The van der Waals surface area contributed by atoms with Gasteiger partial charge in [0.1, 0.15) is 11.5 Å². The Morgan fingerprint density at radius 3 is 2.61 bits per heavy atom. The SMILES string of the molecule is COc1ccccc1C(=O)NC(=O)COc1ccc(Cl)cc1Br. The van der Waals surface area contributed by atoms with Crippen molar-refractivity contribution in [1.82, 2.24) is 5.32 Å². The Bertz CT molecular complexity index is 736. The van der Waals surface area contributed by atoms with E-state index >= 15 is 0 Å². The van der Waals surface area contributed by atoms with Crippen molar-refractivity contribution >= 4 is 39.3 Å². The van der Waals surface area contributed by atoms with Crippen molar-refractivity contribution in [2.45, 2.75) is 0 Å². The maximum absolute atomic E-state index is 12.1. The number of benzene rings is 2. The van der Waals surface area contributed by atoms with Gasteiger partial charge in [-0.3, -0.25) is 14.9 Å². The molecular weight excluding hydrogens is 386 g/mol. The first-order valence-corrected chi connectivity index (χ1v) is 7.73. The van der Waals surface area contributed by atoms with Crippen LogP contribution in [0.3, 0.4) is 0 Å². The number of carbonyl (C=O) groups excluding carboxylic acids is 2. The van der Waals surface area contributed by atoms with Crippen molar-refractivity contribution in [2.75, 3.05) is 13.7 Å². The number of hydrogen-bond donors (Lipinski definition) is 1. The summed E-state index contributed by atoms with van der Waals surface area (Å²) in [4.78, 5) is 23.9. The summed E-state index contributed by atoms with van der Waals surface area (Å²) < 4.78 is 11.0. The maximum Gasteiger partial charge on any atom is 0.264 e. The third kappa shape index (κ3) is 4.71. The summed E-state index contributed by atoms with van der Waals surface area (Å²) in [6.45, 7) is -0.304. The molecule has 0 unspecified atom stereocenters. The lowest BCUT2D eigenvalue weighted by molar-refractivity contribution is -0.122. The largest absolute Gasteiger partial charge is 0.496 e. The van der Waals surface area contributed by atoms with Crippen molar-refractivity contribution in [3.05, 3.63) is 57.5 Å². The minimum Gasteiger partial charge on any atom is -0.496 e. The third-order valence-electron chi connectivity index (χ3n) is 2.86. The van der Waals surface area contributed by atoms with Crippen molar-refractivity contribution in [3.8, 4) is 11.5 Å². The molecule has 0 aliphatic carbocycles. The first-order valence-electron chi connectivity index (χ1n) is 6.56. The molecule has 2 aromatic rings. The topological polar surface area (TPSA) is 64.6 Å². The van der Waals surface area contributed by atoms with E-state index in [1.165, 1.54) is 7.11 Å². The number of amides is 2. The molecule has 0 bridgehead atoms. The zero-order valence-corrected chi connectivity index (χ0v) is 14.5. The Morgan fingerprint density at radius 1 is 1.17 bits per heavy atom. The number of carbonyl (C=O) groups is 2. The van der Waals surface area contributed by atoms with E-state index in [2.05, 4.69) is 21.2 Å². The highest BCUT2D eigenvalue weighted by atomic mass is 79.9. The standard InChI is InChI=1S/C16H13BrClNO4/c1-22-13-5-3-2-4-11(13)16(21)19-15(20)9-23-14-7-6-10(18)8-12(14)17/h2-8H,9H2,1H3,(H,19,20,21). The smallest absolute Gasteiger partial charge is 0.264 e. The predicted octanol–water partition coefficient (Wildman–Crippen LogP) is 3.45. The molecule has 0 spiro atoms. The lowest BCUT2D eigenvalue weighted by atomic mass is 10.2. The van der Waals surface area contributed by atoms with Crippen molar-refractivity contribution in [3.63, 3.8) is 0 Å². The van der Waals surface area contributed by atoms with Gasteiger partial charge in [-0.15, -0.1) is 0 Å². The summed E-state index contributed by atoms with van der Waals surface area (Å²) in [5.74, 6) is -0.276. The quantitative estimate of drug-likeness (QED) is 0.838. The van der Waals surface area contributed by atoms with Crippen LogP contribution in [0.25, 0.3) is 0 Å². The first kappa shape index (κ1) is 17.3. The molecule has 2 aromatic carbocycles. The first-order chi connectivity index (χ1) is 11.0. The summed E-state index contributed by atoms with van der Waals surface area (Å²) >= 11 is 9.10. The zero-order chi connectivity index (χ0) is 16.8. The van der Waals surface area contributed by atoms with E-state index in [0.29, 0.717) is 21.0 Å². The minimum atomic E-state index is -0.567. The van der Waals surface area contributed by atoms with Gasteiger partial charge in [0.2, 0.25) is 0 Å². The van der Waals surface area contributed by atoms with Crippen LogP contribution >= 0.6 is 27.5 Å². The zero-order valence-electron chi connectivity index (χ0n) is 12.1. The molecule has 0 heterocycles. The van der Waals surface area contributed by atoms with Crippen LogP contribution < -0.4 is 14.8 Å². The molecule has 0 saturated heterocycles. The summed E-state index contributed by atoms with van der Waals surface area (Å²) in [5, 5.41) is 2.79. The lowest BCUT2D eigenvalue weighted by Crippen LogP contribution is -2.34. The number of methoxy groups -OCH3 is 1. The normalized spacial score (nSPS) is 10.0. The van der Waals surface area contributed by atoms with Gasteiger partial charge in [0.15, 0.2) is 6.61 Å². The molecule has 2 amide bonds. The number of halogens is 2. The summed E-state index contributed by atoms with van der Waals surface area (Å²) in [7, 11) is 1.45. The van der Waals surface area contributed by atoms with Gasteiger partial charge in [0.05, 0.1) is 17.1 Å². The van der Waals surface area contributed by atoms with Crippen molar-refractivity contribution in [2.24, 2.45) is 0 Å². The summed E-state index contributed by atoms with van der Waals surface area (Å²) in [6.07, 6.45) is 0. The molecule has 23 heavy (non-hydrogen) atoms. The fourth-order valence-electron chi connectivity index (χ4n) is 1.80. The van der Waals surface area contributed by atoms with Crippen LogP contribution in [0.5, 0.6) is 11.5 Å². The number of para-hydroxylation sites is 1. The maximum atomic E-state index is 12.1. The second kappa shape index (κ2) is 7.99. The molecule has 0 aromatic heterocycles. The van der Waals surface area contributed by atoms with Gasteiger partial charge in [-0.25, -0.2) is 0 Å². The molecule has 120 valence electrons. The number of rotatable bonds is 5. The number of imide groups is 1.